The number of Topliss-reactive ketones (excluding diaryl/α,β-unsaturated/α-hetero) is 1. The van der Waals surface area contributed by atoms with Gasteiger partial charge in [-0.1, -0.05) is 0 Å². The van der Waals surface area contributed by atoms with E-state index in [9.17, 15) is 19.2 Å². The molecule has 0 spiro atoms. The summed E-state index contributed by atoms with van der Waals surface area (Å²) in [4.78, 5) is 44.4. The third-order valence-corrected chi connectivity index (χ3v) is 2.91. The molecule has 2 unspecified atom stereocenters. The van der Waals surface area contributed by atoms with Crippen LogP contribution >= 0.6 is 0 Å². The summed E-state index contributed by atoms with van der Waals surface area (Å²) in [5, 5.41) is 16.1. The number of rotatable bonds is 8. The van der Waals surface area contributed by atoms with Gasteiger partial charge in [0.1, 0.15) is 6.61 Å². The summed E-state index contributed by atoms with van der Waals surface area (Å²) in [5.41, 5.74) is 0. The van der Waals surface area contributed by atoms with Crippen LogP contribution in [0.5, 0.6) is 0 Å². The summed E-state index contributed by atoms with van der Waals surface area (Å²) in [5.74, 6) is -1.60. The molecule has 1 rings (SSSR count). The van der Waals surface area contributed by atoms with E-state index in [1.807, 2.05) is 0 Å². The van der Waals surface area contributed by atoms with Gasteiger partial charge in [-0.15, -0.1) is 0 Å². The molecule has 19 heavy (non-hydrogen) atoms. The van der Waals surface area contributed by atoms with Crippen molar-refractivity contribution in [2.75, 3.05) is 19.7 Å². The number of carbonyl (C=O) groups excluding carboxylic acids is 4. The molecular weight excluding hydrogens is 254 g/mol. The van der Waals surface area contributed by atoms with Gasteiger partial charge in [0.2, 0.25) is 18.2 Å². The lowest BCUT2D eigenvalue weighted by molar-refractivity contribution is -0.130. The highest BCUT2D eigenvalue weighted by molar-refractivity contribution is 5.91. The van der Waals surface area contributed by atoms with Gasteiger partial charge in [0, 0.05) is 12.5 Å². The minimum absolute atomic E-state index is 0.151. The van der Waals surface area contributed by atoms with Crippen molar-refractivity contribution in [2.45, 2.75) is 18.9 Å². The van der Waals surface area contributed by atoms with Gasteiger partial charge in [-0.05, 0) is 12.8 Å². The Hall–Kier alpha value is -1.96. The maximum absolute atomic E-state index is 11.5. The first-order valence-electron chi connectivity index (χ1n) is 5.96. The molecule has 1 fully saturated rings. The number of carbonyl (C=O) groups is 4. The van der Waals surface area contributed by atoms with Crippen LogP contribution < -0.4 is 16.0 Å². The minimum atomic E-state index is -0.917. The van der Waals surface area contributed by atoms with E-state index in [-0.39, 0.29) is 24.8 Å². The van der Waals surface area contributed by atoms with Crippen molar-refractivity contribution in [3.8, 4) is 0 Å². The van der Waals surface area contributed by atoms with Gasteiger partial charge in [0.15, 0.2) is 5.78 Å². The molecule has 1 aliphatic heterocycles. The van der Waals surface area contributed by atoms with Gasteiger partial charge in [-0.3, -0.25) is 19.2 Å². The average molecular weight is 271 g/mol. The molecule has 3 amide bonds. The third-order valence-electron chi connectivity index (χ3n) is 2.91. The highest BCUT2D eigenvalue weighted by Crippen LogP contribution is 2.16. The quantitative estimate of drug-likeness (QED) is 0.358. The Balaban J connectivity index is 2.56. The van der Waals surface area contributed by atoms with Gasteiger partial charge in [0.25, 0.3) is 0 Å². The zero-order valence-corrected chi connectivity index (χ0v) is 10.3. The van der Waals surface area contributed by atoms with Crippen LogP contribution in [0.3, 0.4) is 0 Å². The first kappa shape index (κ1) is 15.1. The van der Waals surface area contributed by atoms with E-state index in [0.29, 0.717) is 19.4 Å². The van der Waals surface area contributed by atoms with Gasteiger partial charge >= 0.3 is 0 Å². The number of aliphatic hydroxyl groups is 1. The topological polar surface area (TPSA) is 125 Å². The molecule has 4 N–H and O–H groups in total. The van der Waals surface area contributed by atoms with E-state index in [4.69, 9.17) is 5.11 Å². The number of nitrogens with one attached hydrogen (secondary N) is 3. The molecule has 8 nitrogen and oxygen atoms in total. The van der Waals surface area contributed by atoms with Crippen molar-refractivity contribution < 1.29 is 24.3 Å². The third kappa shape index (κ3) is 4.66. The van der Waals surface area contributed by atoms with Crippen LogP contribution in [-0.4, -0.2) is 54.9 Å². The van der Waals surface area contributed by atoms with Crippen LogP contribution in [0.1, 0.15) is 12.8 Å². The molecule has 1 aliphatic rings. The molecule has 0 saturated carbocycles. The van der Waals surface area contributed by atoms with Gasteiger partial charge in [0.05, 0.1) is 12.6 Å². The normalized spacial score (nSPS) is 19.4. The molecule has 1 saturated heterocycles. The zero-order chi connectivity index (χ0) is 14.3. The number of hydrogen-bond donors (Lipinski definition) is 4. The van der Waals surface area contributed by atoms with Crippen molar-refractivity contribution in [1.29, 1.82) is 0 Å². The lowest BCUT2D eigenvalue weighted by Gasteiger charge is -2.19. The average Bonchev–Trinajstić information content (AvgIpc) is 2.80. The molecule has 2 atom stereocenters. The largest absolute Gasteiger partial charge is 0.389 e. The summed E-state index contributed by atoms with van der Waals surface area (Å²) in [7, 11) is 0. The molecule has 1 heterocycles. The van der Waals surface area contributed by atoms with Crippen LogP contribution in [0, 0.1) is 5.92 Å². The number of hydrogen-bond acceptors (Lipinski definition) is 5. The van der Waals surface area contributed by atoms with Crippen molar-refractivity contribution >= 4 is 24.0 Å². The molecule has 0 radical (unpaired) electrons. The second-order valence-corrected chi connectivity index (χ2v) is 4.26. The van der Waals surface area contributed by atoms with Crippen LogP contribution in [0.4, 0.5) is 0 Å². The summed E-state index contributed by atoms with van der Waals surface area (Å²) < 4.78 is 0. The van der Waals surface area contributed by atoms with E-state index < -0.39 is 24.3 Å². The molecule has 0 aromatic heterocycles. The SMILES string of the molecule is O=CNCC(=O)NC(CC1CCNC1=O)C(=O)CO. The highest BCUT2D eigenvalue weighted by Gasteiger charge is 2.30. The molecule has 106 valence electrons. The number of aliphatic hydroxyl groups excluding tert-OH is 1. The molecule has 0 aromatic carbocycles. The van der Waals surface area contributed by atoms with Crippen molar-refractivity contribution in [2.24, 2.45) is 5.92 Å². The standard InChI is InChI=1S/C11H17N3O5/c15-5-9(17)8(14-10(18)4-12-6-16)3-7-1-2-13-11(7)19/h6-8,15H,1-5H2,(H,12,16)(H,13,19)(H,14,18). The fourth-order valence-corrected chi connectivity index (χ4v) is 1.92. The molecule has 8 heteroatoms. The first-order valence-corrected chi connectivity index (χ1v) is 5.96. The number of amides is 3. The molecule has 0 bridgehead atoms. The van der Waals surface area contributed by atoms with Crippen molar-refractivity contribution in [3.63, 3.8) is 0 Å². The highest BCUT2D eigenvalue weighted by atomic mass is 16.3. The van der Waals surface area contributed by atoms with E-state index in [0.717, 1.165) is 0 Å². The van der Waals surface area contributed by atoms with Crippen molar-refractivity contribution in [3.05, 3.63) is 0 Å². The lowest BCUT2D eigenvalue weighted by Crippen LogP contribution is -2.46. The van der Waals surface area contributed by atoms with Gasteiger partial charge < -0.3 is 21.1 Å². The van der Waals surface area contributed by atoms with E-state index >= 15 is 0 Å². The fourth-order valence-electron chi connectivity index (χ4n) is 1.92. The Morgan fingerprint density at radius 1 is 1.53 bits per heavy atom. The Morgan fingerprint density at radius 3 is 2.79 bits per heavy atom. The Labute approximate surface area is 109 Å². The van der Waals surface area contributed by atoms with Crippen molar-refractivity contribution in [1.82, 2.24) is 16.0 Å². The Morgan fingerprint density at radius 2 is 2.26 bits per heavy atom. The Bertz CT molecular complexity index is 371. The fraction of sp³-hybridized carbons (Fsp3) is 0.636. The second kappa shape index (κ2) is 7.47. The predicted octanol–water partition coefficient (Wildman–Crippen LogP) is -2.70. The zero-order valence-electron chi connectivity index (χ0n) is 10.3. The molecule has 0 aromatic rings. The van der Waals surface area contributed by atoms with Crippen LogP contribution in [0.15, 0.2) is 0 Å². The monoisotopic (exact) mass is 271 g/mol. The maximum Gasteiger partial charge on any atom is 0.239 e. The molecular formula is C11H17N3O5. The van der Waals surface area contributed by atoms with Crippen LogP contribution in [-0.2, 0) is 19.2 Å². The first-order chi connectivity index (χ1) is 9.08. The number of ketones is 1. The summed E-state index contributed by atoms with van der Waals surface area (Å²) in [6.07, 6.45) is 1.11. The Kier molecular flexibility index (Phi) is 5.94. The maximum atomic E-state index is 11.5. The minimum Gasteiger partial charge on any atom is -0.389 e. The molecule has 0 aliphatic carbocycles. The lowest BCUT2D eigenvalue weighted by atomic mass is 9.96. The summed E-state index contributed by atoms with van der Waals surface area (Å²) >= 11 is 0. The summed E-state index contributed by atoms with van der Waals surface area (Å²) in [6, 6.07) is -0.917. The van der Waals surface area contributed by atoms with E-state index in [1.54, 1.807) is 0 Å². The van der Waals surface area contributed by atoms with Gasteiger partial charge in [-0.25, -0.2) is 0 Å². The van der Waals surface area contributed by atoms with E-state index in [1.165, 1.54) is 0 Å². The van der Waals surface area contributed by atoms with E-state index in [2.05, 4.69) is 16.0 Å². The second-order valence-electron chi connectivity index (χ2n) is 4.26. The predicted molar refractivity (Wildman–Crippen MR) is 63.8 cm³/mol. The summed E-state index contributed by atoms with van der Waals surface area (Å²) in [6.45, 7) is -0.417. The smallest absolute Gasteiger partial charge is 0.239 e. The van der Waals surface area contributed by atoms with Gasteiger partial charge in [-0.2, -0.15) is 0 Å². The van der Waals surface area contributed by atoms with Crippen LogP contribution in [0.25, 0.3) is 0 Å². The van der Waals surface area contributed by atoms with Crippen LogP contribution in [0.2, 0.25) is 0 Å².